The summed E-state index contributed by atoms with van der Waals surface area (Å²) in [4.78, 5) is 1.43. The van der Waals surface area contributed by atoms with Gasteiger partial charge < -0.3 is 5.32 Å². The van der Waals surface area contributed by atoms with Crippen LogP contribution >= 0.6 is 11.3 Å². The minimum atomic E-state index is -0.159. The van der Waals surface area contributed by atoms with Gasteiger partial charge in [-0.3, -0.25) is 0 Å². The van der Waals surface area contributed by atoms with Crippen LogP contribution in [0.5, 0.6) is 0 Å². The number of fused-ring (bicyclic) bond motifs is 1. The van der Waals surface area contributed by atoms with Crippen LogP contribution in [0.25, 0.3) is 0 Å². The first-order chi connectivity index (χ1) is 8.31. The van der Waals surface area contributed by atoms with Gasteiger partial charge in [0.2, 0.25) is 0 Å². The van der Waals surface area contributed by atoms with Crippen LogP contribution in [0.1, 0.15) is 10.4 Å². The molecule has 1 unspecified atom stereocenters. The van der Waals surface area contributed by atoms with Gasteiger partial charge in [0.25, 0.3) is 0 Å². The third-order valence-corrected chi connectivity index (χ3v) is 4.13. The molecule has 1 aliphatic rings. The molecule has 2 heterocycles. The normalized spacial score (nSPS) is 18.5. The van der Waals surface area contributed by atoms with Gasteiger partial charge in [-0.2, -0.15) is 0 Å². The van der Waals surface area contributed by atoms with Crippen molar-refractivity contribution < 1.29 is 4.39 Å². The molecule has 0 amide bonds. The van der Waals surface area contributed by atoms with Gasteiger partial charge in [-0.05, 0) is 47.9 Å². The highest BCUT2D eigenvalue weighted by molar-refractivity contribution is 7.09. The highest BCUT2D eigenvalue weighted by Gasteiger charge is 2.19. The lowest BCUT2D eigenvalue weighted by atomic mass is 9.91. The van der Waals surface area contributed by atoms with E-state index in [0.29, 0.717) is 5.92 Å². The lowest BCUT2D eigenvalue weighted by Gasteiger charge is -2.25. The second-order valence-electron chi connectivity index (χ2n) is 4.54. The van der Waals surface area contributed by atoms with Crippen molar-refractivity contribution in [3.63, 3.8) is 0 Å². The van der Waals surface area contributed by atoms with Crippen molar-refractivity contribution >= 4 is 17.0 Å². The van der Waals surface area contributed by atoms with E-state index in [1.165, 1.54) is 10.4 Å². The molecule has 0 aliphatic carbocycles. The predicted octanol–water partition coefficient (Wildman–Crippen LogP) is 3.71. The van der Waals surface area contributed by atoms with E-state index in [1.54, 1.807) is 12.1 Å². The van der Waals surface area contributed by atoms with E-state index in [1.807, 2.05) is 17.4 Å². The molecule has 2 aromatic rings. The Bertz CT molecular complexity index is 507. The van der Waals surface area contributed by atoms with Gasteiger partial charge in [0.15, 0.2) is 0 Å². The van der Waals surface area contributed by atoms with Crippen LogP contribution in [0, 0.1) is 11.7 Å². The molecule has 3 rings (SSSR count). The Hall–Kier alpha value is -1.35. The van der Waals surface area contributed by atoms with Crippen molar-refractivity contribution in [3.8, 4) is 0 Å². The van der Waals surface area contributed by atoms with Crippen molar-refractivity contribution in [3.05, 3.63) is 52.0 Å². The molecular weight excluding hydrogens is 233 g/mol. The van der Waals surface area contributed by atoms with Crippen molar-refractivity contribution in [2.24, 2.45) is 5.92 Å². The largest absolute Gasteiger partial charge is 0.384 e. The molecule has 1 nitrogen and oxygen atoms in total. The zero-order valence-corrected chi connectivity index (χ0v) is 10.3. The monoisotopic (exact) mass is 247 g/mol. The van der Waals surface area contributed by atoms with Gasteiger partial charge in [0, 0.05) is 17.1 Å². The molecule has 0 saturated carbocycles. The first kappa shape index (κ1) is 10.8. The van der Waals surface area contributed by atoms with E-state index >= 15 is 0 Å². The molecular formula is C14H14FNS. The van der Waals surface area contributed by atoms with Crippen LogP contribution in [0.4, 0.5) is 10.1 Å². The highest BCUT2D eigenvalue weighted by Crippen LogP contribution is 2.28. The molecule has 0 fully saturated rings. The fourth-order valence-electron chi connectivity index (χ4n) is 2.39. The first-order valence-electron chi connectivity index (χ1n) is 5.86. The summed E-state index contributed by atoms with van der Waals surface area (Å²) >= 11 is 1.81. The Kier molecular flexibility index (Phi) is 2.85. The van der Waals surface area contributed by atoms with Crippen molar-refractivity contribution in [2.75, 3.05) is 11.9 Å². The van der Waals surface area contributed by atoms with Gasteiger partial charge in [-0.1, -0.05) is 12.1 Å². The fourth-order valence-corrected chi connectivity index (χ4v) is 3.21. The summed E-state index contributed by atoms with van der Waals surface area (Å²) in [6, 6.07) is 9.33. The van der Waals surface area contributed by atoms with Crippen LogP contribution in [-0.4, -0.2) is 6.54 Å². The number of hydrogen-bond acceptors (Lipinski definition) is 2. The number of hydrogen-bond donors (Lipinski definition) is 1. The summed E-state index contributed by atoms with van der Waals surface area (Å²) in [6.45, 7) is 0.939. The summed E-state index contributed by atoms with van der Waals surface area (Å²) in [5, 5.41) is 5.45. The zero-order chi connectivity index (χ0) is 11.7. The predicted molar refractivity (Wildman–Crippen MR) is 70.1 cm³/mol. The molecule has 1 aliphatic heterocycles. The number of rotatable bonds is 2. The SMILES string of the molecule is Fc1ccc2c(c1)NCC(Cc1cccs1)C2. The van der Waals surface area contributed by atoms with Crippen molar-refractivity contribution in [1.29, 1.82) is 0 Å². The van der Waals surface area contributed by atoms with E-state index in [2.05, 4.69) is 22.8 Å². The van der Waals surface area contributed by atoms with E-state index in [0.717, 1.165) is 25.1 Å². The molecule has 17 heavy (non-hydrogen) atoms. The van der Waals surface area contributed by atoms with Gasteiger partial charge >= 0.3 is 0 Å². The third-order valence-electron chi connectivity index (χ3n) is 3.23. The summed E-state index contributed by atoms with van der Waals surface area (Å²) in [5.74, 6) is 0.458. The smallest absolute Gasteiger partial charge is 0.125 e. The minimum Gasteiger partial charge on any atom is -0.384 e. The molecule has 0 radical (unpaired) electrons. The Morgan fingerprint density at radius 1 is 1.35 bits per heavy atom. The van der Waals surface area contributed by atoms with Crippen LogP contribution in [0.15, 0.2) is 35.7 Å². The summed E-state index contributed by atoms with van der Waals surface area (Å²) in [5.41, 5.74) is 2.20. The zero-order valence-electron chi connectivity index (χ0n) is 9.45. The standard InChI is InChI=1S/C14H14FNS/c15-12-4-3-11-6-10(9-16-14(11)8-12)7-13-2-1-5-17-13/h1-5,8,10,16H,6-7,9H2. The summed E-state index contributed by atoms with van der Waals surface area (Å²) in [6.07, 6.45) is 2.15. The first-order valence-corrected chi connectivity index (χ1v) is 6.74. The third kappa shape index (κ3) is 2.34. The van der Waals surface area contributed by atoms with Gasteiger partial charge in [-0.25, -0.2) is 4.39 Å². The summed E-state index contributed by atoms with van der Waals surface area (Å²) < 4.78 is 13.1. The summed E-state index contributed by atoms with van der Waals surface area (Å²) in [7, 11) is 0. The average molecular weight is 247 g/mol. The van der Waals surface area contributed by atoms with Crippen LogP contribution in [0.3, 0.4) is 0 Å². The maximum absolute atomic E-state index is 13.1. The number of halogens is 1. The Morgan fingerprint density at radius 2 is 2.29 bits per heavy atom. The molecule has 1 N–H and O–H groups in total. The number of thiophene rings is 1. The second-order valence-corrected chi connectivity index (χ2v) is 5.57. The maximum Gasteiger partial charge on any atom is 0.125 e. The molecule has 3 heteroatoms. The molecule has 1 aromatic carbocycles. The topological polar surface area (TPSA) is 12.0 Å². The van der Waals surface area contributed by atoms with Crippen LogP contribution in [-0.2, 0) is 12.8 Å². The van der Waals surface area contributed by atoms with E-state index < -0.39 is 0 Å². The lowest BCUT2D eigenvalue weighted by molar-refractivity contribution is 0.537. The van der Waals surface area contributed by atoms with E-state index in [4.69, 9.17) is 0 Å². The van der Waals surface area contributed by atoms with Crippen LogP contribution in [0.2, 0.25) is 0 Å². The number of anilines is 1. The number of nitrogens with one attached hydrogen (secondary N) is 1. The van der Waals surface area contributed by atoms with Crippen molar-refractivity contribution in [1.82, 2.24) is 0 Å². The van der Waals surface area contributed by atoms with Gasteiger partial charge in [0.1, 0.15) is 5.82 Å². The number of benzene rings is 1. The van der Waals surface area contributed by atoms with Gasteiger partial charge in [0.05, 0.1) is 0 Å². The fraction of sp³-hybridized carbons (Fsp3) is 0.286. The molecule has 0 saturated heterocycles. The Morgan fingerprint density at radius 3 is 3.12 bits per heavy atom. The van der Waals surface area contributed by atoms with Gasteiger partial charge in [-0.15, -0.1) is 11.3 Å². The van der Waals surface area contributed by atoms with Crippen molar-refractivity contribution in [2.45, 2.75) is 12.8 Å². The molecule has 88 valence electrons. The average Bonchev–Trinajstić information content (AvgIpc) is 2.82. The Labute approximate surface area is 104 Å². The van der Waals surface area contributed by atoms with E-state index in [-0.39, 0.29) is 5.82 Å². The van der Waals surface area contributed by atoms with Crippen LogP contribution < -0.4 is 5.32 Å². The lowest BCUT2D eigenvalue weighted by Crippen LogP contribution is -2.24. The highest BCUT2D eigenvalue weighted by atomic mass is 32.1. The minimum absolute atomic E-state index is 0.159. The molecule has 0 bridgehead atoms. The molecule has 1 aromatic heterocycles. The maximum atomic E-state index is 13.1. The van der Waals surface area contributed by atoms with E-state index in [9.17, 15) is 4.39 Å². The second kappa shape index (κ2) is 4.49. The molecule has 1 atom stereocenters. The Balaban J connectivity index is 1.74. The molecule has 0 spiro atoms. The quantitative estimate of drug-likeness (QED) is 0.853.